The van der Waals surface area contributed by atoms with Crippen molar-refractivity contribution >= 4 is 11.6 Å². The Hall–Kier alpha value is -1.69. The lowest BCUT2D eigenvalue weighted by Crippen LogP contribution is -2.37. The van der Waals surface area contributed by atoms with E-state index in [1.807, 2.05) is 0 Å². The predicted molar refractivity (Wildman–Crippen MR) is 57.9 cm³/mol. The molecule has 0 aromatic heterocycles. The molecule has 17 heavy (non-hydrogen) atoms. The fourth-order valence-electron chi connectivity index (χ4n) is 1.38. The third-order valence-electron chi connectivity index (χ3n) is 2.59. The highest BCUT2D eigenvalue weighted by atomic mass is 19.3. The van der Waals surface area contributed by atoms with E-state index < -0.39 is 12.2 Å². The summed E-state index contributed by atoms with van der Waals surface area (Å²) < 4.78 is 28.5. The molecule has 0 aliphatic heterocycles. The molecule has 0 heterocycles. The predicted octanol–water partition coefficient (Wildman–Crippen LogP) is 1.72. The Morgan fingerprint density at radius 1 is 1.41 bits per heavy atom. The second-order valence-electron chi connectivity index (χ2n) is 3.98. The first-order valence-electron chi connectivity index (χ1n) is 5.15. The number of anilines is 1. The van der Waals surface area contributed by atoms with Crippen molar-refractivity contribution in [1.29, 1.82) is 0 Å². The number of halogens is 2. The number of hydrogen-bond donors (Lipinski definition) is 2. The average Bonchev–Trinajstić information content (AvgIpc) is 3.00. The van der Waals surface area contributed by atoms with E-state index in [-0.39, 0.29) is 17.3 Å². The van der Waals surface area contributed by atoms with Crippen LogP contribution in [0.1, 0.15) is 12.8 Å². The number of rotatable bonds is 4. The Labute approximate surface area is 96.7 Å². The highest BCUT2D eigenvalue weighted by molar-refractivity contribution is 6.00. The van der Waals surface area contributed by atoms with Crippen LogP contribution in [0.15, 0.2) is 24.3 Å². The zero-order valence-corrected chi connectivity index (χ0v) is 8.95. The summed E-state index contributed by atoms with van der Waals surface area (Å²) in [5, 5.41) is 2.50. The summed E-state index contributed by atoms with van der Waals surface area (Å²) >= 11 is 0. The van der Waals surface area contributed by atoms with Crippen LogP contribution in [0.4, 0.5) is 14.5 Å². The van der Waals surface area contributed by atoms with Crippen LogP contribution in [-0.2, 0) is 4.79 Å². The highest BCUT2D eigenvalue weighted by Crippen LogP contribution is 2.34. The van der Waals surface area contributed by atoms with Crippen molar-refractivity contribution in [1.82, 2.24) is 0 Å². The molecule has 1 aliphatic rings. The summed E-state index contributed by atoms with van der Waals surface area (Å²) in [5.74, 6) is -0.442. The lowest BCUT2D eigenvalue weighted by Gasteiger charge is -2.13. The first-order valence-corrected chi connectivity index (χ1v) is 5.15. The third kappa shape index (κ3) is 2.71. The maximum atomic E-state index is 12.1. The Bertz CT molecular complexity index is 433. The smallest absolute Gasteiger partial charge is 0.387 e. The topological polar surface area (TPSA) is 64.4 Å². The Morgan fingerprint density at radius 2 is 2.06 bits per heavy atom. The molecule has 1 aliphatic carbocycles. The van der Waals surface area contributed by atoms with Crippen molar-refractivity contribution in [2.45, 2.75) is 25.0 Å². The molecule has 2 rings (SSSR count). The van der Waals surface area contributed by atoms with Crippen LogP contribution in [0.2, 0.25) is 0 Å². The molecule has 1 saturated carbocycles. The largest absolute Gasteiger partial charge is 0.433 e. The van der Waals surface area contributed by atoms with Crippen LogP contribution in [-0.4, -0.2) is 18.1 Å². The molecule has 1 amide bonds. The summed E-state index contributed by atoms with van der Waals surface area (Å²) in [7, 11) is 0. The van der Waals surface area contributed by atoms with Gasteiger partial charge in [-0.1, -0.05) is 12.1 Å². The molecule has 6 heteroatoms. The van der Waals surface area contributed by atoms with Crippen molar-refractivity contribution < 1.29 is 18.3 Å². The molecule has 92 valence electrons. The van der Waals surface area contributed by atoms with Crippen LogP contribution in [0.5, 0.6) is 5.75 Å². The number of amides is 1. The third-order valence-corrected chi connectivity index (χ3v) is 2.59. The van der Waals surface area contributed by atoms with Crippen LogP contribution in [0, 0.1) is 0 Å². The van der Waals surface area contributed by atoms with Gasteiger partial charge < -0.3 is 15.8 Å². The van der Waals surface area contributed by atoms with E-state index >= 15 is 0 Å². The van der Waals surface area contributed by atoms with E-state index in [1.165, 1.54) is 12.1 Å². The standard InChI is InChI=1S/C11H12F2N2O2/c12-10(13)17-8-4-2-1-3-7(8)15-9(16)11(14)5-6-11/h1-4,10H,5-6,14H2,(H,15,16). The summed E-state index contributed by atoms with van der Waals surface area (Å²) in [6.45, 7) is -2.93. The van der Waals surface area contributed by atoms with Crippen molar-refractivity contribution in [3.8, 4) is 5.75 Å². The van der Waals surface area contributed by atoms with Gasteiger partial charge in [0.05, 0.1) is 11.2 Å². The number of alkyl halides is 2. The van der Waals surface area contributed by atoms with Gasteiger partial charge in [-0.25, -0.2) is 0 Å². The number of carbonyl (C=O) groups is 1. The number of nitrogens with two attached hydrogens (primary N) is 1. The van der Waals surface area contributed by atoms with E-state index in [0.29, 0.717) is 12.8 Å². The van der Waals surface area contributed by atoms with Crippen LogP contribution in [0.25, 0.3) is 0 Å². The number of carbonyl (C=O) groups excluding carboxylic acids is 1. The minimum atomic E-state index is -2.93. The summed E-state index contributed by atoms with van der Waals surface area (Å²) in [6.07, 6.45) is 1.22. The van der Waals surface area contributed by atoms with Crippen LogP contribution in [0.3, 0.4) is 0 Å². The lowest BCUT2D eigenvalue weighted by atomic mass is 10.2. The molecule has 1 fully saturated rings. The van der Waals surface area contributed by atoms with Crippen LogP contribution >= 0.6 is 0 Å². The molecule has 1 aromatic rings. The molecule has 0 spiro atoms. The molecule has 0 unspecified atom stereocenters. The van der Waals surface area contributed by atoms with Gasteiger partial charge >= 0.3 is 6.61 Å². The second-order valence-corrected chi connectivity index (χ2v) is 3.98. The molecule has 0 atom stereocenters. The van der Waals surface area contributed by atoms with Gasteiger partial charge in [-0.05, 0) is 25.0 Å². The van der Waals surface area contributed by atoms with Gasteiger partial charge in [0.25, 0.3) is 0 Å². The molecule has 4 nitrogen and oxygen atoms in total. The van der Waals surface area contributed by atoms with Gasteiger partial charge in [-0.2, -0.15) is 8.78 Å². The van der Waals surface area contributed by atoms with Gasteiger partial charge in [0.1, 0.15) is 5.75 Å². The Balaban J connectivity index is 2.12. The fourth-order valence-corrected chi connectivity index (χ4v) is 1.38. The number of para-hydroxylation sites is 2. The average molecular weight is 242 g/mol. The van der Waals surface area contributed by atoms with Gasteiger partial charge in [-0.15, -0.1) is 0 Å². The summed E-state index contributed by atoms with van der Waals surface area (Å²) in [5.41, 5.74) is 5.04. The monoisotopic (exact) mass is 242 g/mol. The van der Waals surface area contributed by atoms with E-state index in [0.717, 1.165) is 0 Å². The van der Waals surface area contributed by atoms with Gasteiger partial charge in [0.15, 0.2) is 0 Å². The maximum absolute atomic E-state index is 12.1. The van der Waals surface area contributed by atoms with Gasteiger partial charge in [-0.3, -0.25) is 4.79 Å². The quantitative estimate of drug-likeness (QED) is 0.844. The number of ether oxygens (including phenoxy) is 1. The van der Waals surface area contributed by atoms with Gasteiger partial charge in [0.2, 0.25) is 5.91 Å². The number of hydrogen-bond acceptors (Lipinski definition) is 3. The minimum Gasteiger partial charge on any atom is -0.433 e. The SMILES string of the molecule is NC1(C(=O)Nc2ccccc2OC(F)F)CC1. The Morgan fingerprint density at radius 3 is 2.65 bits per heavy atom. The van der Waals surface area contributed by atoms with Gasteiger partial charge in [0, 0.05) is 0 Å². The lowest BCUT2D eigenvalue weighted by molar-refractivity contribution is -0.118. The zero-order chi connectivity index (χ0) is 12.5. The number of benzene rings is 1. The Kier molecular flexibility index (Phi) is 2.97. The van der Waals surface area contributed by atoms with Crippen molar-refractivity contribution in [2.75, 3.05) is 5.32 Å². The van der Waals surface area contributed by atoms with E-state index in [9.17, 15) is 13.6 Å². The molecule has 0 bridgehead atoms. The molecular weight excluding hydrogens is 230 g/mol. The second kappa shape index (κ2) is 4.29. The molecule has 1 aromatic carbocycles. The first kappa shape index (κ1) is 11.8. The zero-order valence-electron chi connectivity index (χ0n) is 8.95. The van der Waals surface area contributed by atoms with E-state index in [1.54, 1.807) is 12.1 Å². The molecular formula is C11H12F2N2O2. The number of nitrogens with one attached hydrogen (secondary N) is 1. The fraction of sp³-hybridized carbons (Fsp3) is 0.364. The van der Waals surface area contributed by atoms with Crippen molar-refractivity contribution in [2.24, 2.45) is 5.73 Å². The highest BCUT2D eigenvalue weighted by Gasteiger charge is 2.46. The van der Waals surface area contributed by atoms with Crippen molar-refractivity contribution in [3.63, 3.8) is 0 Å². The maximum Gasteiger partial charge on any atom is 0.387 e. The first-order chi connectivity index (χ1) is 8.01. The van der Waals surface area contributed by atoms with E-state index in [4.69, 9.17) is 5.73 Å². The molecule has 0 radical (unpaired) electrons. The summed E-state index contributed by atoms with van der Waals surface area (Å²) in [6, 6.07) is 6.01. The normalized spacial score (nSPS) is 16.7. The van der Waals surface area contributed by atoms with Crippen LogP contribution < -0.4 is 15.8 Å². The molecule has 3 N–H and O–H groups in total. The molecule has 0 saturated heterocycles. The van der Waals surface area contributed by atoms with E-state index in [2.05, 4.69) is 10.1 Å². The minimum absolute atomic E-state index is 0.0694. The summed E-state index contributed by atoms with van der Waals surface area (Å²) in [4.78, 5) is 11.7. The van der Waals surface area contributed by atoms with Crippen molar-refractivity contribution in [3.05, 3.63) is 24.3 Å².